The lowest BCUT2D eigenvalue weighted by Crippen LogP contribution is -2.57. The Morgan fingerprint density at radius 3 is 2.03 bits per heavy atom. The van der Waals surface area contributed by atoms with Gasteiger partial charge in [0.2, 0.25) is 23.6 Å². The number of nitrogens with one attached hydrogen (secondary N) is 3. The molecule has 3 saturated heterocycles. The van der Waals surface area contributed by atoms with Gasteiger partial charge in [-0.15, -0.1) is 13.2 Å². The Bertz CT molecular complexity index is 1660. The topological polar surface area (TPSA) is 210 Å². The maximum atomic E-state index is 13.1. The van der Waals surface area contributed by atoms with Crippen LogP contribution in [-0.4, -0.2) is 127 Å². The summed E-state index contributed by atoms with van der Waals surface area (Å²) in [4.78, 5) is 86.0. The molecule has 0 saturated carbocycles. The van der Waals surface area contributed by atoms with Gasteiger partial charge >= 0.3 is 12.4 Å². The standard InChI is InChI=1S/C18H27N3O6.C10H10F3N3O3.C7H8.C6H13N/c1-13(11-22)19-17(25)14-5-2-3-8-21(14)18(26)15-6-4-9-20(15)16(24)7-10-27-12-23;11-10(12,13)19-7-3-1-6(2-4-7)16-9(18)15-5-8(14)17;1-7-5-3-2-4-6-7;1-6-4-3-5-7(6)2/h11-15H,2-10H2,1H3,(H,19,25);1-4H,5H2,(H2,14,17)(H2,15,16,18);2-6H,1H3;6H,3-5H2,1-2H3. The van der Waals surface area contributed by atoms with E-state index in [9.17, 15) is 46.7 Å². The number of carbonyl (C=O) groups excluding carboxylic acids is 7. The number of urea groups is 1. The molecule has 16 nitrogen and oxygen atoms in total. The number of ether oxygens (including phenoxy) is 2. The second-order valence-corrected chi connectivity index (χ2v) is 14.4. The average Bonchev–Trinajstić information content (AvgIpc) is 3.86. The molecule has 4 atom stereocenters. The highest BCUT2D eigenvalue weighted by atomic mass is 19.4. The molecule has 19 heteroatoms. The van der Waals surface area contributed by atoms with Crippen LogP contribution in [0, 0.1) is 6.92 Å². The highest BCUT2D eigenvalue weighted by Gasteiger charge is 2.41. The number of anilines is 1. The minimum atomic E-state index is -4.77. The molecule has 4 unspecified atom stereocenters. The summed E-state index contributed by atoms with van der Waals surface area (Å²) in [7, 11) is 2.19. The number of carbonyl (C=O) groups is 7. The normalized spacial score (nSPS) is 18.9. The van der Waals surface area contributed by atoms with E-state index < -0.39 is 42.2 Å². The molecule has 5 rings (SSSR count). The first-order valence-corrected chi connectivity index (χ1v) is 19.8. The molecule has 0 spiro atoms. The average molecular weight is 850 g/mol. The number of rotatable bonds is 12. The van der Waals surface area contributed by atoms with Crippen LogP contribution in [0.15, 0.2) is 54.6 Å². The van der Waals surface area contributed by atoms with Gasteiger partial charge in [0.25, 0.3) is 6.47 Å². The number of piperidine rings is 1. The minimum Gasteiger partial charge on any atom is -0.467 e. The summed E-state index contributed by atoms with van der Waals surface area (Å²) in [5, 5.41) is 7.05. The Kier molecular flexibility index (Phi) is 22.2. The highest BCUT2D eigenvalue weighted by molar-refractivity contribution is 5.93. The van der Waals surface area contributed by atoms with Crippen LogP contribution in [0.3, 0.4) is 0 Å². The van der Waals surface area contributed by atoms with E-state index in [1.54, 1.807) is 11.8 Å². The number of hydrogen-bond acceptors (Lipinski definition) is 10. The molecule has 3 aliphatic heterocycles. The predicted octanol–water partition coefficient (Wildman–Crippen LogP) is 3.91. The highest BCUT2D eigenvalue weighted by Crippen LogP contribution is 2.26. The van der Waals surface area contributed by atoms with Gasteiger partial charge in [-0.25, -0.2) is 4.79 Å². The maximum absolute atomic E-state index is 13.1. The van der Waals surface area contributed by atoms with Crippen LogP contribution >= 0.6 is 0 Å². The number of alkyl halides is 3. The van der Waals surface area contributed by atoms with Gasteiger partial charge in [0.05, 0.1) is 25.6 Å². The third-order valence-electron chi connectivity index (χ3n) is 9.62. The van der Waals surface area contributed by atoms with E-state index in [-0.39, 0.29) is 49.5 Å². The van der Waals surface area contributed by atoms with Crippen molar-refractivity contribution in [2.45, 2.75) is 103 Å². The quantitative estimate of drug-likeness (QED) is 0.179. The minimum absolute atomic E-state index is 0.0158. The third-order valence-corrected chi connectivity index (χ3v) is 9.62. The fraction of sp³-hybridized carbons (Fsp3) is 0.537. The molecule has 2 aromatic rings. The van der Waals surface area contributed by atoms with Crippen LogP contribution in [0.5, 0.6) is 5.75 Å². The Balaban J connectivity index is 0.000000320. The van der Waals surface area contributed by atoms with E-state index in [1.165, 1.54) is 42.0 Å². The van der Waals surface area contributed by atoms with E-state index in [2.05, 4.69) is 63.4 Å². The Hall–Kier alpha value is -5.72. The molecule has 5 N–H and O–H groups in total. The molecule has 0 aromatic heterocycles. The molecule has 6 amide bonds. The van der Waals surface area contributed by atoms with Crippen molar-refractivity contribution < 1.29 is 56.2 Å². The summed E-state index contributed by atoms with van der Waals surface area (Å²) in [6.07, 6.45) is 2.13. The molecule has 60 heavy (non-hydrogen) atoms. The third kappa shape index (κ3) is 19.4. The SMILES string of the molecule is CC(C=O)NC(=O)C1CCCCN1C(=O)C1CCCN1C(=O)CCOC=O.CC1CCCN1C.Cc1ccccc1.NC(=O)CNC(=O)Nc1ccc(OC(F)(F)F)cc1. The molecule has 3 aliphatic rings. The van der Waals surface area contributed by atoms with Crippen molar-refractivity contribution in [2.75, 3.05) is 45.2 Å². The molecular formula is C41H58F3N7O9. The fourth-order valence-corrected chi connectivity index (χ4v) is 6.37. The van der Waals surface area contributed by atoms with Crippen LogP contribution in [0.2, 0.25) is 0 Å². The first-order valence-electron chi connectivity index (χ1n) is 19.8. The Morgan fingerprint density at radius 2 is 1.52 bits per heavy atom. The van der Waals surface area contributed by atoms with Crippen molar-refractivity contribution in [3.8, 4) is 5.75 Å². The monoisotopic (exact) mass is 849 g/mol. The Morgan fingerprint density at radius 1 is 0.883 bits per heavy atom. The number of nitrogens with two attached hydrogens (primary N) is 1. The zero-order chi connectivity index (χ0) is 44.7. The number of amides is 6. The lowest BCUT2D eigenvalue weighted by atomic mass is 9.99. The van der Waals surface area contributed by atoms with Crippen molar-refractivity contribution in [1.29, 1.82) is 0 Å². The van der Waals surface area contributed by atoms with Gasteiger partial charge in [0.1, 0.15) is 24.1 Å². The van der Waals surface area contributed by atoms with Crippen molar-refractivity contribution in [3.05, 3.63) is 60.2 Å². The van der Waals surface area contributed by atoms with Gasteiger partial charge in [-0.1, -0.05) is 35.9 Å². The first kappa shape index (κ1) is 50.4. The number of primary amides is 1. The molecule has 0 bridgehead atoms. The Labute approximate surface area is 348 Å². The van der Waals surface area contributed by atoms with Crippen molar-refractivity contribution in [3.63, 3.8) is 0 Å². The summed E-state index contributed by atoms with van der Waals surface area (Å²) in [6, 6.07) is 13.1. The summed E-state index contributed by atoms with van der Waals surface area (Å²) < 4.78 is 43.9. The van der Waals surface area contributed by atoms with Crippen LogP contribution in [-0.2, 0) is 33.5 Å². The van der Waals surface area contributed by atoms with Gasteiger partial charge in [-0.3, -0.25) is 24.0 Å². The number of aldehydes is 1. The van der Waals surface area contributed by atoms with Gasteiger partial charge in [0.15, 0.2) is 0 Å². The van der Waals surface area contributed by atoms with E-state index in [0.717, 1.165) is 31.0 Å². The smallest absolute Gasteiger partial charge is 0.467 e. The van der Waals surface area contributed by atoms with Crippen molar-refractivity contribution in [2.24, 2.45) is 5.73 Å². The molecule has 0 radical (unpaired) electrons. The van der Waals surface area contributed by atoms with Crippen LogP contribution in [0.25, 0.3) is 0 Å². The lowest BCUT2D eigenvalue weighted by Gasteiger charge is -2.38. The number of hydrogen-bond donors (Lipinski definition) is 4. The van der Waals surface area contributed by atoms with E-state index >= 15 is 0 Å². The van der Waals surface area contributed by atoms with E-state index in [0.29, 0.717) is 38.6 Å². The molecule has 332 valence electrons. The lowest BCUT2D eigenvalue weighted by molar-refractivity contribution is -0.274. The van der Waals surface area contributed by atoms with Crippen molar-refractivity contribution >= 4 is 48.1 Å². The summed E-state index contributed by atoms with van der Waals surface area (Å²) in [5.74, 6) is -1.92. The summed E-state index contributed by atoms with van der Waals surface area (Å²) >= 11 is 0. The van der Waals surface area contributed by atoms with Crippen LogP contribution in [0.4, 0.5) is 23.7 Å². The second kappa shape index (κ2) is 26.4. The molecular weight excluding hydrogens is 791 g/mol. The second-order valence-electron chi connectivity index (χ2n) is 14.4. The molecule has 2 aromatic carbocycles. The number of halogens is 3. The number of nitrogens with zero attached hydrogens (tertiary/aromatic N) is 3. The van der Waals surface area contributed by atoms with Crippen LogP contribution < -0.4 is 26.4 Å². The van der Waals surface area contributed by atoms with Gasteiger partial charge in [-0.2, -0.15) is 0 Å². The zero-order valence-corrected chi connectivity index (χ0v) is 34.6. The van der Waals surface area contributed by atoms with Gasteiger partial charge in [0, 0.05) is 24.8 Å². The summed E-state index contributed by atoms with van der Waals surface area (Å²) in [5.41, 5.74) is 6.36. The number of aryl methyl sites for hydroxylation is 1. The van der Waals surface area contributed by atoms with E-state index in [4.69, 9.17) is 5.73 Å². The zero-order valence-electron chi connectivity index (χ0n) is 34.6. The first-order chi connectivity index (χ1) is 28.4. The molecule has 3 heterocycles. The maximum Gasteiger partial charge on any atom is 0.573 e. The summed E-state index contributed by atoms with van der Waals surface area (Å²) in [6.45, 7) is 8.12. The molecule has 3 fully saturated rings. The number of benzene rings is 2. The van der Waals surface area contributed by atoms with Crippen molar-refractivity contribution in [1.82, 2.24) is 25.3 Å². The number of likely N-dealkylation sites (tertiary alicyclic amines) is 3. The van der Waals surface area contributed by atoms with Crippen LogP contribution in [0.1, 0.15) is 70.8 Å². The largest absolute Gasteiger partial charge is 0.573 e. The van der Waals surface area contributed by atoms with Gasteiger partial charge < -0.3 is 50.7 Å². The fourth-order valence-electron chi connectivity index (χ4n) is 6.37. The molecule has 0 aliphatic carbocycles. The van der Waals surface area contributed by atoms with E-state index in [1.807, 2.05) is 18.2 Å². The predicted molar refractivity (Wildman–Crippen MR) is 216 cm³/mol. The van der Waals surface area contributed by atoms with Gasteiger partial charge in [-0.05, 0) is 104 Å².